The Morgan fingerprint density at radius 3 is 2.08 bits per heavy atom. The molecule has 2 nitrogen and oxygen atoms in total. The van der Waals surface area contributed by atoms with Crippen LogP contribution >= 0.6 is 0 Å². The summed E-state index contributed by atoms with van der Waals surface area (Å²) in [4.78, 5) is 0. The molecule has 2 aliphatic rings. The minimum Gasteiger partial charge on any atom is -0.392 e. The highest BCUT2D eigenvalue weighted by molar-refractivity contribution is 5.12. The van der Waals surface area contributed by atoms with E-state index in [1.54, 1.807) is 0 Å². The van der Waals surface area contributed by atoms with Gasteiger partial charge in [-0.2, -0.15) is 0 Å². The molecule has 0 heterocycles. The summed E-state index contributed by atoms with van der Waals surface area (Å²) in [6, 6.07) is 0. The van der Waals surface area contributed by atoms with Crippen LogP contribution in [0.25, 0.3) is 0 Å². The lowest BCUT2D eigenvalue weighted by atomic mass is 9.69. The van der Waals surface area contributed by atoms with E-state index in [9.17, 15) is 10.2 Å². The smallest absolute Gasteiger partial charge is 0.0672 e. The van der Waals surface area contributed by atoms with Crippen LogP contribution in [0.1, 0.15) is 33.6 Å². The molecule has 2 N–H and O–H groups in total. The zero-order chi connectivity index (χ0) is 9.15. The van der Waals surface area contributed by atoms with Gasteiger partial charge in [-0.05, 0) is 24.2 Å². The molecule has 0 spiro atoms. The Hall–Kier alpha value is -0.0800. The molecular formula is C10H18O2. The zero-order valence-corrected chi connectivity index (χ0v) is 8.04. The summed E-state index contributed by atoms with van der Waals surface area (Å²) in [5.74, 6) is 0.507. The number of fused-ring (bicyclic) bond motifs is 2. The minimum absolute atomic E-state index is 0.00792. The second-order valence-corrected chi connectivity index (χ2v) is 5.38. The summed E-state index contributed by atoms with van der Waals surface area (Å²) < 4.78 is 0. The summed E-state index contributed by atoms with van der Waals surface area (Å²) in [5.41, 5.74) is -0.220. The van der Waals surface area contributed by atoms with E-state index in [4.69, 9.17) is 0 Å². The number of aliphatic hydroxyl groups excluding tert-OH is 2. The Morgan fingerprint density at radius 2 is 1.75 bits per heavy atom. The highest BCUT2D eigenvalue weighted by Crippen LogP contribution is 2.62. The van der Waals surface area contributed by atoms with E-state index in [2.05, 4.69) is 13.8 Å². The van der Waals surface area contributed by atoms with Gasteiger partial charge in [-0.25, -0.2) is 0 Å². The fraction of sp³-hybridized carbons (Fsp3) is 1.00. The first-order chi connectivity index (χ1) is 5.39. The SMILES string of the molecule is CC1(C)C2C[C@H](O)C(C)(C2)[C@@H]1O. The molecule has 4 atom stereocenters. The molecule has 0 aromatic heterocycles. The van der Waals surface area contributed by atoms with Gasteiger partial charge in [0.25, 0.3) is 0 Å². The molecule has 0 aromatic carbocycles. The molecule has 2 saturated carbocycles. The fourth-order valence-corrected chi connectivity index (χ4v) is 3.22. The summed E-state index contributed by atoms with van der Waals surface area (Å²) in [6.45, 7) is 6.23. The van der Waals surface area contributed by atoms with E-state index in [0.29, 0.717) is 5.92 Å². The maximum Gasteiger partial charge on any atom is 0.0672 e. The normalized spacial score (nSPS) is 56.2. The maximum absolute atomic E-state index is 10.0. The van der Waals surface area contributed by atoms with Crippen LogP contribution in [0.3, 0.4) is 0 Å². The first-order valence-corrected chi connectivity index (χ1v) is 4.75. The lowest BCUT2D eigenvalue weighted by Crippen LogP contribution is -2.47. The standard InChI is InChI=1S/C10H18O2/c1-9(2)6-4-7(11)10(3,5-6)8(9)12/h6-8,11-12H,4-5H2,1-3H3/t6?,7-,8+,10?/m0/s1. The van der Waals surface area contributed by atoms with Crippen molar-refractivity contribution in [3.8, 4) is 0 Å². The predicted octanol–water partition coefficient (Wildman–Crippen LogP) is 1.16. The van der Waals surface area contributed by atoms with Crippen LogP contribution in [0.2, 0.25) is 0 Å². The fourth-order valence-electron chi connectivity index (χ4n) is 3.22. The van der Waals surface area contributed by atoms with Crippen LogP contribution in [-0.2, 0) is 0 Å². The Morgan fingerprint density at radius 1 is 1.17 bits per heavy atom. The first kappa shape index (κ1) is 8.52. The topological polar surface area (TPSA) is 40.5 Å². The number of hydrogen-bond donors (Lipinski definition) is 2. The number of rotatable bonds is 0. The van der Waals surface area contributed by atoms with Gasteiger partial charge in [0.2, 0.25) is 0 Å². The van der Waals surface area contributed by atoms with Crippen LogP contribution in [0.5, 0.6) is 0 Å². The van der Waals surface area contributed by atoms with Gasteiger partial charge in [-0.15, -0.1) is 0 Å². The Labute approximate surface area is 73.6 Å². The molecule has 0 aliphatic heterocycles. The van der Waals surface area contributed by atoms with Crippen LogP contribution in [0.4, 0.5) is 0 Å². The van der Waals surface area contributed by atoms with Crippen molar-refractivity contribution in [2.24, 2.45) is 16.7 Å². The summed E-state index contributed by atoms with van der Waals surface area (Å²) in [5, 5.41) is 19.7. The predicted molar refractivity (Wildman–Crippen MR) is 46.6 cm³/mol. The minimum atomic E-state index is -0.334. The van der Waals surface area contributed by atoms with Crippen molar-refractivity contribution in [1.82, 2.24) is 0 Å². The molecule has 2 unspecified atom stereocenters. The Kier molecular flexibility index (Phi) is 1.45. The highest BCUT2D eigenvalue weighted by Gasteiger charge is 2.63. The number of aliphatic hydroxyl groups is 2. The average molecular weight is 170 g/mol. The second-order valence-electron chi connectivity index (χ2n) is 5.38. The number of hydrogen-bond acceptors (Lipinski definition) is 2. The molecular weight excluding hydrogens is 152 g/mol. The molecule has 0 saturated heterocycles. The third-order valence-corrected chi connectivity index (χ3v) is 4.34. The van der Waals surface area contributed by atoms with E-state index in [0.717, 1.165) is 12.8 Å². The van der Waals surface area contributed by atoms with E-state index >= 15 is 0 Å². The van der Waals surface area contributed by atoms with Crippen LogP contribution < -0.4 is 0 Å². The Balaban J connectivity index is 2.36. The quantitative estimate of drug-likeness (QED) is 0.573. The van der Waals surface area contributed by atoms with Crippen molar-refractivity contribution in [2.75, 3.05) is 0 Å². The molecule has 2 fully saturated rings. The molecule has 0 radical (unpaired) electrons. The summed E-state index contributed by atoms with van der Waals surface area (Å²) >= 11 is 0. The van der Waals surface area contributed by atoms with Gasteiger partial charge in [0.05, 0.1) is 12.2 Å². The van der Waals surface area contributed by atoms with Gasteiger partial charge in [-0.3, -0.25) is 0 Å². The zero-order valence-electron chi connectivity index (χ0n) is 8.04. The average Bonchev–Trinajstić information content (AvgIpc) is 2.34. The van der Waals surface area contributed by atoms with E-state index < -0.39 is 0 Å². The largest absolute Gasteiger partial charge is 0.392 e. The monoisotopic (exact) mass is 170 g/mol. The van der Waals surface area contributed by atoms with Gasteiger partial charge in [0, 0.05) is 5.41 Å². The highest BCUT2D eigenvalue weighted by atomic mass is 16.3. The lowest BCUT2D eigenvalue weighted by Gasteiger charge is -2.41. The second kappa shape index (κ2) is 2.05. The van der Waals surface area contributed by atoms with Crippen molar-refractivity contribution >= 4 is 0 Å². The van der Waals surface area contributed by atoms with Gasteiger partial charge in [-0.1, -0.05) is 20.8 Å². The van der Waals surface area contributed by atoms with Crippen molar-refractivity contribution in [1.29, 1.82) is 0 Å². The van der Waals surface area contributed by atoms with Crippen molar-refractivity contribution < 1.29 is 10.2 Å². The van der Waals surface area contributed by atoms with Crippen LogP contribution in [0.15, 0.2) is 0 Å². The van der Waals surface area contributed by atoms with Crippen LogP contribution in [0, 0.1) is 16.7 Å². The first-order valence-electron chi connectivity index (χ1n) is 4.75. The van der Waals surface area contributed by atoms with Gasteiger partial charge < -0.3 is 10.2 Å². The van der Waals surface area contributed by atoms with Crippen molar-refractivity contribution in [2.45, 2.75) is 45.8 Å². The van der Waals surface area contributed by atoms with Crippen molar-refractivity contribution in [3.05, 3.63) is 0 Å². The third-order valence-electron chi connectivity index (χ3n) is 4.34. The lowest BCUT2D eigenvalue weighted by molar-refractivity contribution is -0.0970. The third kappa shape index (κ3) is 0.728. The maximum atomic E-state index is 10.0. The van der Waals surface area contributed by atoms with Gasteiger partial charge in [0.1, 0.15) is 0 Å². The van der Waals surface area contributed by atoms with Gasteiger partial charge in [0.15, 0.2) is 0 Å². The summed E-state index contributed by atoms with van der Waals surface area (Å²) in [7, 11) is 0. The van der Waals surface area contributed by atoms with Crippen LogP contribution in [-0.4, -0.2) is 22.4 Å². The van der Waals surface area contributed by atoms with E-state index in [1.165, 1.54) is 0 Å². The molecule has 2 aliphatic carbocycles. The molecule has 70 valence electrons. The summed E-state index contributed by atoms with van der Waals surface area (Å²) in [6.07, 6.45) is 1.24. The molecule has 2 bridgehead atoms. The van der Waals surface area contributed by atoms with Crippen molar-refractivity contribution in [3.63, 3.8) is 0 Å². The molecule has 0 amide bonds. The Bertz CT molecular complexity index is 212. The molecule has 2 heteroatoms. The van der Waals surface area contributed by atoms with E-state index in [-0.39, 0.29) is 23.0 Å². The molecule has 2 rings (SSSR count). The van der Waals surface area contributed by atoms with Gasteiger partial charge >= 0.3 is 0 Å². The molecule has 0 aromatic rings. The van der Waals surface area contributed by atoms with E-state index in [1.807, 2.05) is 6.92 Å². The molecule has 12 heavy (non-hydrogen) atoms.